The zero-order valence-corrected chi connectivity index (χ0v) is 12.7. The molecule has 1 unspecified atom stereocenters. The largest absolute Gasteiger partial charge is 0.416 e. The van der Waals surface area contributed by atoms with Crippen LogP contribution in [-0.2, 0) is 6.18 Å². The van der Waals surface area contributed by atoms with E-state index < -0.39 is 22.4 Å². The molecule has 1 saturated heterocycles. The SMILES string of the molecule is Cc1cc(C2CCCN2c2ccc(C(F)(F)F)cc2[N+](=O)[O-])on1. The maximum Gasteiger partial charge on any atom is 0.416 e. The summed E-state index contributed by atoms with van der Waals surface area (Å²) < 4.78 is 43.7. The molecule has 0 N–H and O–H groups in total. The van der Waals surface area contributed by atoms with Gasteiger partial charge in [0.05, 0.1) is 22.2 Å². The fourth-order valence-corrected chi connectivity index (χ4v) is 2.98. The zero-order valence-electron chi connectivity index (χ0n) is 12.7. The second-order valence-corrected chi connectivity index (χ2v) is 5.68. The molecule has 0 radical (unpaired) electrons. The molecule has 1 aromatic carbocycles. The number of benzene rings is 1. The second kappa shape index (κ2) is 5.81. The van der Waals surface area contributed by atoms with Gasteiger partial charge in [-0.3, -0.25) is 10.1 Å². The Morgan fingerprint density at radius 2 is 2.12 bits per heavy atom. The Labute approximate surface area is 135 Å². The van der Waals surface area contributed by atoms with Crippen LogP contribution in [0.1, 0.15) is 35.9 Å². The Bertz CT molecular complexity index is 773. The summed E-state index contributed by atoms with van der Waals surface area (Å²) in [6, 6.07) is 4.06. The number of nitro groups is 1. The Hall–Kier alpha value is -2.58. The molecule has 1 aromatic heterocycles. The summed E-state index contributed by atoms with van der Waals surface area (Å²) in [5.74, 6) is 0.555. The van der Waals surface area contributed by atoms with Gasteiger partial charge in [0.25, 0.3) is 5.69 Å². The predicted octanol–water partition coefficient (Wildman–Crippen LogP) is 4.25. The van der Waals surface area contributed by atoms with Crippen molar-refractivity contribution in [2.45, 2.75) is 32.0 Å². The molecular formula is C15H14F3N3O3. The molecule has 24 heavy (non-hydrogen) atoms. The Morgan fingerprint density at radius 1 is 1.38 bits per heavy atom. The van der Waals surface area contributed by atoms with Gasteiger partial charge in [-0.25, -0.2) is 0 Å². The normalized spacial score (nSPS) is 18.2. The number of aromatic nitrogens is 1. The quantitative estimate of drug-likeness (QED) is 0.616. The number of anilines is 1. The molecule has 2 heterocycles. The van der Waals surface area contributed by atoms with Crippen molar-refractivity contribution in [3.8, 4) is 0 Å². The van der Waals surface area contributed by atoms with Gasteiger partial charge in [-0.1, -0.05) is 5.16 Å². The maximum atomic E-state index is 12.8. The first-order chi connectivity index (χ1) is 11.3. The lowest BCUT2D eigenvalue weighted by Crippen LogP contribution is -2.23. The third-order valence-corrected chi connectivity index (χ3v) is 4.04. The monoisotopic (exact) mass is 341 g/mol. The molecule has 0 amide bonds. The molecule has 1 aliphatic heterocycles. The van der Waals surface area contributed by atoms with E-state index in [4.69, 9.17) is 4.52 Å². The third-order valence-electron chi connectivity index (χ3n) is 4.04. The number of aryl methyl sites for hydroxylation is 1. The van der Waals surface area contributed by atoms with Crippen LogP contribution in [0.4, 0.5) is 24.5 Å². The van der Waals surface area contributed by atoms with Gasteiger partial charge >= 0.3 is 6.18 Å². The summed E-state index contributed by atoms with van der Waals surface area (Å²) in [6.45, 7) is 2.25. The number of nitro benzene ring substituents is 1. The smallest absolute Gasteiger partial charge is 0.359 e. The number of hydrogen-bond acceptors (Lipinski definition) is 5. The van der Waals surface area contributed by atoms with Crippen molar-refractivity contribution in [2.75, 3.05) is 11.4 Å². The molecule has 3 rings (SSSR count). The highest BCUT2D eigenvalue weighted by Crippen LogP contribution is 2.42. The van der Waals surface area contributed by atoms with Gasteiger partial charge in [0.2, 0.25) is 0 Å². The van der Waals surface area contributed by atoms with Crippen molar-refractivity contribution in [3.05, 3.63) is 51.4 Å². The number of nitrogens with zero attached hydrogens (tertiary/aromatic N) is 3. The van der Waals surface area contributed by atoms with E-state index in [2.05, 4.69) is 5.16 Å². The first-order valence-electron chi connectivity index (χ1n) is 7.33. The van der Waals surface area contributed by atoms with E-state index in [-0.39, 0.29) is 11.7 Å². The van der Waals surface area contributed by atoms with Gasteiger partial charge in [-0.2, -0.15) is 13.2 Å². The average molecular weight is 341 g/mol. The van der Waals surface area contributed by atoms with E-state index in [1.165, 1.54) is 0 Å². The summed E-state index contributed by atoms with van der Waals surface area (Å²) in [5.41, 5.74) is -0.763. The third kappa shape index (κ3) is 2.93. The topological polar surface area (TPSA) is 72.4 Å². The molecule has 2 aromatic rings. The average Bonchev–Trinajstić information content (AvgIpc) is 3.13. The molecule has 1 aliphatic rings. The summed E-state index contributed by atoms with van der Waals surface area (Å²) in [5, 5.41) is 15.1. The molecule has 1 fully saturated rings. The van der Waals surface area contributed by atoms with Crippen LogP contribution in [0.5, 0.6) is 0 Å². The van der Waals surface area contributed by atoms with Gasteiger partial charge in [0.1, 0.15) is 5.69 Å². The van der Waals surface area contributed by atoms with Crippen molar-refractivity contribution in [3.63, 3.8) is 0 Å². The van der Waals surface area contributed by atoms with Gasteiger partial charge < -0.3 is 9.42 Å². The number of hydrogen-bond donors (Lipinski definition) is 0. The molecule has 0 saturated carbocycles. The standard InChI is InChI=1S/C15H14F3N3O3/c1-9-7-14(24-19-9)12-3-2-6-20(12)11-5-4-10(15(16,17)18)8-13(11)21(22)23/h4-5,7-8,12H,2-3,6H2,1H3. The molecule has 0 spiro atoms. The van der Waals surface area contributed by atoms with E-state index in [0.717, 1.165) is 18.6 Å². The zero-order chi connectivity index (χ0) is 17.5. The molecule has 6 nitrogen and oxygen atoms in total. The van der Waals surface area contributed by atoms with Gasteiger partial charge in [0, 0.05) is 18.7 Å². The highest BCUT2D eigenvalue weighted by Gasteiger charge is 2.37. The summed E-state index contributed by atoms with van der Waals surface area (Å²) >= 11 is 0. The lowest BCUT2D eigenvalue weighted by Gasteiger charge is -2.25. The van der Waals surface area contributed by atoms with Gasteiger partial charge in [-0.15, -0.1) is 0 Å². The van der Waals surface area contributed by atoms with Crippen molar-refractivity contribution < 1.29 is 22.6 Å². The van der Waals surface area contributed by atoms with Crippen molar-refractivity contribution in [1.29, 1.82) is 0 Å². The lowest BCUT2D eigenvalue weighted by molar-refractivity contribution is -0.384. The van der Waals surface area contributed by atoms with E-state index in [1.807, 2.05) is 0 Å². The van der Waals surface area contributed by atoms with Crippen LogP contribution >= 0.6 is 0 Å². The summed E-state index contributed by atoms with van der Waals surface area (Å²) in [7, 11) is 0. The minimum Gasteiger partial charge on any atom is -0.359 e. The van der Waals surface area contributed by atoms with E-state index >= 15 is 0 Å². The molecule has 0 bridgehead atoms. The minimum absolute atomic E-state index is 0.157. The van der Waals surface area contributed by atoms with Gasteiger partial charge in [0.15, 0.2) is 5.76 Å². The molecule has 1 atom stereocenters. The van der Waals surface area contributed by atoms with Crippen LogP contribution in [0.3, 0.4) is 0 Å². The van der Waals surface area contributed by atoms with Crippen molar-refractivity contribution in [2.24, 2.45) is 0 Å². The number of rotatable bonds is 3. The van der Waals surface area contributed by atoms with E-state index in [9.17, 15) is 23.3 Å². The number of halogens is 3. The van der Waals surface area contributed by atoms with Crippen LogP contribution < -0.4 is 4.90 Å². The van der Waals surface area contributed by atoms with Crippen LogP contribution in [0.15, 0.2) is 28.8 Å². The number of alkyl halides is 3. The minimum atomic E-state index is -4.63. The maximum absolute atomic E-state index is 12.8. The fraction of sp³-hybridized carbons (Fsp3) is 0.400. The Morgan fingerprint density at radius 3 is 2.71 bits per heavy atom. The molecule has 9 heteroatoms. The van der Waals surface area contributed by atoms with Crippen LogP contribution in [-0.4, -0.2) is 16.6 Å². The van der Waals surface area contributed by atoms with Crippen LogP contribution in [0.25, 0.3) is 0 Å². The van der Waals surface area contributed by atoms with Crippen molar-refractivity contribution >= 4 is 11.4 Å². The molecule has 0 aliphatic carbocycles. The molecular weight excluding hydrogens is 327 g/mol. The Kier molecular flexibility index (Phi) is 3.94. The predicted molar refractivity (Wildman–Crippen MR) is 78.7 cm³/mol. The van der Waals surface area contributed by atoms with Gasteiger partial charge in [-0.05, 0) is 31.9 Å². The highest BCUT2D eigenvalue weighted by atomic mass is 19.4. The first kappa shape index (κ1) is 16.3. The summed E-state index contributed by atoms with van der Waals surface area (Å²) in [4.78, 5) is 12.2. The first-order valence-corrected chi connectivity index (χ1v) is 7.33. The van der Waals surface area contributed by atoms with Crippen LogP contribution in [0, 0.1) is 17.0 Å². The highest BCUT2D eigenvalue weighted by molar-refractivity contribution is 5.66. The fourth-order valence-electron chi connectivity index (χ4n) is 2.98. The Balaban J connectivity index is 2.03. The second-order valence-electron chi connectivity index (χ2n) is 5.68. The lowest BCUT2D eigenvalue weighted by atomic mass is 10.1. The molecule has 128 valence electrons. The van der Waals surface area contributed by atoms with Crippen LogP contribution in [0.2, 0.25) is 0 Å². The van der Waals surface area contributed by atoms with E-state index in [0.29, 0.717) is 30.5 Å². The van der Waals surface area contributed by atoms with E-state index in [1.54, 1.807) is 17.9 Å². The van der Waals surface area contributed by atoms with Crippen molar-refractivity contribution in [1.82, 2.24) is 5.16 Å². The summed E-state index contributed by atoms with van der Waals surface area (Å²) in [6.07, 6.45) is -3.19.